The highest BCUT2D eigenvalue weighted by Gasteiger charge is 2.26. The first kappa shape index (κ1) is 25.2. The predicted octanol–water partition coefficient (Wildman–Crippen LogP) is 5.12. The smallest absolute Gasteiger partial charge is 0.276 e. The van der Waals surface area contributed by atoms with Gasteiger partial charge in [0.05, 0.1) is 11.1 Å². The second-order valence-corrected chi connectivity index (χ2v) is 9.08. The number of nitrogens with zero attached hydrogens (tertiary/aromatic N) is 2. The Balaban J connectivity index is 1.41. The Morgan fingerprint density at radius 2 is 1.94 bits per heavy atom. The number of ether oxygens (including phenoxy) is 1. The molecule has 0 bridgehead atoms. The first-order valence-electron chi connectivity index (χ1n) is 11.2. The minimum absolute atomic E-state index is 0.0907. The van der Waals surface area contributed by atoms with Crippen LogP contribution in [-0.4, -0.2) is 47.7 Å². The summed E-state index contributed by atoms with van der Waals surface area (Å²) in [6.07, 6.45) is 1.75. The largest absolute Gasteiger partial charge is 0.376 e. The highest BCUT2D eigenvalue weighted by atomic mass is 35.5. The molecule has 3 aromatic rings. The van der Waals surface area contributed by atoms with E-state index in [1.54, 1.807) is 35.2 Å². The van der Waals surface area contributed by atoms with Crippen LogP contribution in [0.5, 0.6) is 0 Å². The Morgan fingerprint density at radius 1 is 1.14 bits per heavy atom. The Bertz CT molecular complexity index is 1180. The number of rotatable bonds is 9. The predicted molar refractivity (Wildman–Crippen MR) is 130 cm³/mol. The van der Waals surface area contributed by atoms with Gasteiger partial charge >= 0.3 is 0 Å². The van der Waals surface area contributed by atoms with Crippen molar-refractivity contribution in [2.75, 3.05) is 19.7 Å². The van der Waals surface area contributed by atoms with Gasteiger partial charge in [-0.2, -0.15) is 0 Å². The minimum Gasteiger partial charge on any atom is -0.376 e. The van der Waals surface area contributed by atoms with Crippen molar-refractivity contribution in [2.45, 2.75) is 31.9 Å². The molecule has 7 nitrogen and oxygen atoms in total. The van der Waals surface area contributed by atoms with E-state index in [-0.39, 0.29) is 48.9 Å². The molecular formula is C25H24Cl2FN3O4. The zero-order valence-electron chi connectivity index (χ0n) is 18.8. The maximum atomic E-state index is 13.3. The van der Waals surface area contributed by atoms with E-state index >= 15 is 0 Å². The quantitative estimate of drug-likeness (QED) is 0.424. The molecule has 184 valence electrons. The molecule has 1 fully saturated rings. The summed E-state index contributed by atoms with van der Waals surface area (Å²) in [6.45, 7) is 1.44. The van der Waals surface area contributed by atoms with E-state index in [1.165, 1.54) is 18.2 Å². The topological polar surface area (TPSA) is 84.7 Å². The van der Waals surface area contributed by atoms with Crippen LogP contribution in [0.3, 0.4) is 0 Å². The Labute approximate surface area is 212 Å². The van der Waals surface area contributed by atoms with E-state index in [2.05, 4.69) is 10.5 Å². The molecule has 1 atom stereocenters. The summed E-state index contributed by atoms with van der Waals surface area (Å²) >= 11 is 12.2. The maximum absolute atomic E-state index is 13.3. The zero-order valence-corrected chi connectivity index (χ0v) is 20.3. The van der Waals surface area contributed by atoms with Crippen LogP contribution >= 0.6 is 23.2 Å². The Morgan fingerprint density at radius 3 is 2.66 bits per heavy atom. The lowest BCUT2D eigenvalue weighted by Crippen LogP contribution is -2.40. The number of halogens is 3. The number of carbonyl (C=O) groups excluding carboxylic acids is 2. The molecule has 0 unspecified atom stereocenters. The van der Waals surface area contributed by atoms with Crippen LogP contribution in [0, 0.1) is 5.82 Å². The third-order valence-electron chi connectivity index (χ3n) is 5.67. The van der Waals surface area contributed by atoms with Crippen LogP contribution in [0.15, 0.2) is 53.1 Å². The third kappa shape index (κ3) is 6.81. The fraction of sp³-hybridized carbons (Fsp3) is 0.320. The van der Waals surface area contributed by atoms with Crippen molar-refractivity contribution in [1.82, 2.24) is 15.4 Å². The molecule has 2 aromatic carbocycles. The fourth-order valence-corrected chi connectivity index (χ4v) is 4.29. The van der Waals surface area contributed by atoms with Gasteiger partial charge in [0.15, 0.2) is 11.5 Å². The number of hydrogen-bond acceptors (Lipinski definition) is 5. The molecule has 2 amide bonds. The van der Waals surface area contributed by atoms with E-state index in [0.29, 0.717) is 34.5 Å². The van der Waals surface area contributed by atoms with Gasteiger partial charge in [0.1, 0.15) is 5.82 Å². The van der Waals surface area contributed by atoms with Crippen molar-refractivity contribution in [1.29, 1.82) is 0 Å². The van der Waals surface area contributed by atoms with Crippen molar-refractivity contribution >= 4 is 35.0 Å². The molecule has 4 rings (SSSR count). The van der Waals surface area contributed by atoms with Gasteiger partial charge in [0.2, 0.25) is 5.91 Å². The van der Waals surface area contributed by atoms with E-state index < -0.39 is 0 Å². The molecule has 1 aliphatic rings. The Kier molecular flexibility index (Phi) is 8.38. The van der Waals surface area contributed by atoms with Gasteiger partial charge < -0.3 is 19.5 Å². The second-order valence-electron chi connectivity index (χ2n) is 8.24. The third-order valence-corrected chi connectivity index (χ3v) is 6.22. The van der Waals surface area contributed by atoms with Gasteiger partial charge in [-0.1, -0.05) is 40.5 Å². The first-order chi connectivity index (χ1) is 16.9. The van der Waals surface area contributed by atoms with Crippen molar-refractivity contribution in [3.63, 3.8) is 0 Å². The van der Waals surface area contributed by atoms with Crippen molar-refractivity contribution in [3.05, 3.63) is 75.7 Å². The summed E-state index contributed by atoms with van der Waals surface area (Å²) in [5, 5.41) is 7.58. The number of amides is 2. The zero-order chi connectivity index (χ0) is 24.8. The standard InChI is InChI=1S/C25H24Cl2FN3O4/c26-17-5-8-20(21(27)12-17)23-13-22(30-35-23)25(33)31(15-19-2-1-11-34-19)10-9-24(32)29-14-16-3-6-18(28)7-4-16/h3-8,12-13,19H,1-2,9-11,14-15H2,(H,29,32)/t19-/m1/s1. The lowest BCUT2D eigenvalue weighted by atomic mass is 10.1. The Hall–Kier alpha value is -2.94. The van der Waals surface area contributed by atoms with Crippen LogP contribution in [0.2, 0.25) is 10.0 Å². The van der Waals surface area contributed by atoms with E-state index in [0.717, 1.165) is 18.4 Å². The van der Waals surface area contributed by atoms with E-state index in [9.17, 15) is 14.0 Å². The second kappa shape index (κ2) is 11.7. The lowest BCUT2D eigenvalue weighted by molar-refractivity contribution is -0.121. The van der Waals surface area contributed by atoms with Gasteiger partial charge in [0.25, 0.3) is 5.91 Å². The van der Waals surface area contributed by atoms with Crippen molar-refractivity contribution in [3.8, 4) is 11.3 Å². The summed E-state index contributed by atoms with van der Waals surface area (Å²) in [5.41, 5.74) is 1.45. The number of carbonyl (C=O) groups is 2. The van der Waals surface area contributed by atoms with Crippen LogP contribution < -0.4 is 5.32 Å². The van der Waals surface area contributed by atoms with Gasteiger partial charge in [-0.15, -0.1) is 0 Å². The molecule has 1 aromatic heterocycles. The molecule has 1 aliphatic heterocycles. The lowest BCUT2D eigenvalue weighted by Gasteiger charge is -2.24. The number of nitrogens with one attached hydrogen (secondary N) is 1. The molecule has 10 heteroatoms. The van der Waals surface area contributed by atoms with Crippen LogP contribution in [0.25, 0.3) is 11.3 Å². The molecule has 0 saturated carbocycles. The number of aromatic nitrogens is 1. The number of hydrogen-bond donors (Lipinski definition) is 1. The first-order valence-corrected chi connectivity index (χ1v) is 12.0. The average molecular weight is 520 g/mol. The van der Waals surface area contributed by atoms with Crippen LogP contribution in [-0.2, 0) is 16.1 Å². The van der Waals surface area contributed by atoms with E-state index in [1.807, 2.05) is 0 Å². The summed E-state index contributed by atoms with van der Waals surface area (Å²) < 4.78 is 24.1. The molecular weight excluding hydrogens is 496 g/mol. The minimum atomic E-state index is -0.369. The van der Waals surface area contributed by atoms with Gasteiger partial charge in [0, 0.05) is 49.3 Å². The van der Waals surface area contributed by atoms with Gasteiger partial charge in [-0.3, -0.25) is 9.59 Å². The number of benzene rings is 2. The molecule has 0 spiro atoms. The van der Waals surface area contributed by atoms with Crippen molar-refractivity contribution in [2.24, 2.45) is 0 Å². The summed E-state index contributed by atoms with van der Waals surface area (Å²) in [5.74, 6) is -0.595. The van der Waals surface area contributed by atoms with Crippen molar-refractivity contribution < 1.29 is 23.2 Å². The normalized spacial score (nSPS) is 15.2. The molecule has 2 heterocycles. The fourth-order valence-electron chi connectivity index (χ4n) is 3.79. The molecule has 0 aliphatic carbocycles. The molecule has 1 saturated heterocycles. The van der Waals surface area contributed by atoms with E-state index in [4.69, 9.17) is 32.5 Å². The van der Waals surface area contributed by atoms with Gasteiger partial charge in [-0.25, -0.2) is 4.39 Å². The van der Waals surface area contributed by atoms with Crippen LogP contribution in [0.4, 0.5) is 4.39 Å². The summed E-state index contributed by atoms with van der Waals surface area (Å²) in [7, 11) is 0. The average Bonchev–Trinajstić information content (AvgIpc) is 3.53. The highest BCUT2D eigenvalue weighted by molar-refractivity contribution is 6.36. The summed E-state index contributed by atoms with van der Waals surface area (Å²) in [4.78, 5) is 27.2. The van der Waals surface area contributed by atoms with Gasteiger partial charge in [-0.05, 0) is 48.7 Å². The maximum Gasteiger partial charge on any atom is 0.276 e. The monoisotopic (exact) mass is 519 g/mol. The molecule has 0 radical (unpaired) electrons. The summed E-state index contributed by atoms with van der Waals surface area (Å²) in [6, 6.07) is 12.4. The van der Waals surface area contributed by atoms with Crippen LogP contribution in [0.1, 0.15) is 35.3 Å². The molecule has 1 N–H and O–H groups in total. The highest BCUT2D eigenvalue weighted by Crippen LogP contribution is 2.31. The molecule has 35 heavy (non-hydrogen) atoms. The SMILES string of the molecule is O=C(CCN(C[C@H]1CCCO1)C(=O)c1cc(-c2ccc(Cl)cc2Cl)on1)NCc1ccc(F)cc1.